The van der Waals surface area contributed by atoms with E-state index in [-0.39, 0.29) is 6.10 Å². The molecule has 1 fully saturated rings. The van der Waals surface area contributed by atoms with Crippen LogP contribution in [0.1, 0.15) is 12.8 Å². The molecule has 2 rings (SSSR count). The van der Waals surface area contributed by atoms with Crippen LogP contribution >= 0.6 is 11.6 Å². The fourth-order valence-electron chi connectivity index (χ4n) is 1.73. The number of aromatic nitrogens is 1. The van der Waals surface area contributed by atoms with Crippen molar-refractivity contribution in [3.05, 3.63) is 23.4 Å². The van der Waals surface area contributed by atoms with E-state index in [4.69, 9.17) is 16.3 Å². The molecule has 82 valence electrons. The molecule has 0 spiro atoms. The van der Waals surface area contributed by atoms with E-state index in [1.807, 2.05) is 12.1 Å². The highest BCUT2D eigenvalue weighted by atomic mass is 35.5. The maximum Gasteiger partial charge on any atom is 0.214 e. The third kappa shape index (κ3) is 3.08. The minimum absolute atomic E-state index is 0.284. The van der Waals surface area contributed by atoms with E-state index < -0.39 is 0 Å². The van der Waals surface area contributed by atoms with Gasteiger partial charge in [-0.2, -0.15) is 0 Å². The average Bonchev–Trinajstić information content (AvgIpc) is 2.22. The van der Waals surface area contributed by atoms with Gasteiger partial charge in [-0.1, -0.05) is 17.7 Å². The summed E-state index contributed by atoms with van der Waals surface area (Å²) in [6.45, 7) is 2.18. The van der Waals surface area contributed by atoms with Crippen molar-refractivity contribution in [1.29, 1.82) is 0 Å². The summed E-state index contributed by atoms with van der Waals surface area (Å²) in [6.07, 6.45) is 2.40. The average molecular weight is 227 g/mol. The van der Waals surface area contributed by atoms with Crippen molar-refractivity contribution in [2.24, 2.45) is 0 Å². The third-order valence-electron chi connectivity index (χ3n) is 2.64. The van der Waals surface area contributed by atoms with Gasteiger partial charge in [-0.3, -0.25) is 0 Å². The molecule has 15 heavy (non-hydrogen) atoms. The molecular weight excluding hydrogens is 212 g/mol. The summed E-state index contributed by atoms with van der Waals surface area (Å²) in [5.41, 5.74) is 0. The van der Waals surface area contributed by atoms with E-state index >= 15 is 0 Å². The number of piperidine rings is 1. The Morgan fingerprint density at radius 1 is 1.40 bits per heavy atom. The van der Waals surface area contributed by atoms with Gasteiger partial charge in [0.1, 0.15) is 11.3 Å². The molecule has 1 aromatic rings. The number of likely N-dealkylation sites (tertiary alicyclic amines) is 1. The molecule has 4 heteroatoms. The van der Waals surface area contributed by atoms with Crippen molar-refractivity contribution in [1.82, 2.24) is 9.88 Å². The zero-order valence-electron chi connectivity index (χ0n) is 8.82. The number of ether oxygens (including phenoxy) is 1. The molecular formula is C11H15ClN2O. The monoisotopic (exact) mass is 226 g/mol. The van der Waals surface area contributed by atoms with E-state index in [9.17, 15) is 0 Å². The van der Waals surface area contributed by atoms with E-state index in [2.05, 4.69) is 16.9 Å². The molecule has 1 aromatic heterocycles. The molecule has 0 amide bonds. The van der Waals surface area contributed by atoms with E-state index in [0.717, 1.165) is 25.9 Å². The van der Waals surface area contributed by atoms with Crippen LogP contribution in [0.15, 0.2) is 18.2 Å². The van der Waals surface area contributed by atoms with Crippen molar-refractivity contribution in [3.8, 4) is 5.88 Å². The molecule has 1 saturated heterocycles. The first kappa shape index (κ1) is 10.7. The quantitative estimate of drug-likeness (QED) is 0.723. The highest BCUT2D eigenvalue weighted by Gasteiger charge is 2.18. The third-order valence-corrected chi connectivity index (χ3v) is 2.85. The summed E-state index contributed by atoms with van der Waals surface area (Å²) >= 11 is 5.79. The van der Waals surface area contributed by atoms with Crippen LogP contribution in [0.4, 0.5) is 0 Å². The van der Waals surface area contributed by atoms with Crippen molar-refractivity contribution >= 4 is 11.6 Å². The zero-order valence-corrected chi connectivity index (χ0v) is 9.57. The van der Waals surface area contributed by atoms with Crippen LogP contribution in [0.2, 0.25) is 5.15 Å². The number of rotatable bonds is 2. The van der Waals surface area contributed by atoms with Crippen LogP contribution in [0.3, 0.4) is 0 Å². The minimum atomic E-state index is 0.284. The second-order valence-corrected chi connectivity index (χ2v) is 4.31. The van der Waals surface area contributed by atoms with Gasteiger partial charge in [0.2, 0.25) is 5.88 Å². The molecule has 0 saturated carbocycles. The Bertz CT molecular complexity index is 324. The van der Waals surface area contributed by atoms with Crippen LogP contribution in [0, 0.1) is 0 Å². The van der Waals surface area contributed by atoms with Gasteiger partial charge in [0, 0.05) is 19.2 Å². The molecule has 0 bridgehead atoms. The van der Waals surface area contributed by atoms with Gasteiger partial charge >= 0.3 is 0 Å². The van der Waals surface area contributed by atoms with Gasteiger partial charge < -0.3 is 9.64 Å². The van der Waals surface area contributed by atoms with Gasteiger partial charge in [0.25, 0.3) is 0 Å². The Balaban J connectivity index is 1.92. The fourth-order valence-corrected chi connectivity index (χ4v) is 1.88. The number of nitrogens with zero attached hydrogens (tertiary/aromatic N) is 2. The summed E-state index contributed by atoms with van der Waals surface area (Å²) < 4.78 is 5.76. The fraction of sp³-hybridized carbons (Fsp3) is 0.545. The standard InChI is InChI=1S/C11H15ClN2O/c1-14-7-5-9(6-8-14)15-11-4-2-3-10(12)13-11/h2-4,9H,5-8H2,1H3. The van der Waals surface area contributed by atoms with E-state index in [1.54, 1.807) is 6.07 Å². The van der Waals surface area contributed by atoms with Gasteiger partial charge in [-0.15, -0.1) is 0 Å². The van der Waals surface area contributed by atoms with Crippen molar-refractivity contribution in [2.75, 3.05) is 20.1 Å². The predicted molar refractivity (Wildman–Crippen MR) is 60.4 cm³/mol. The summed E-state index contributed by atoms with van der Waals surface area (Å²) in [7, 11) is 2.13. The molecule has 0 unspecified atom stereocenters. The van der Waals surface area contributed by atoms with E-state index in [0.29, 0.717) is 11.0 Å². The Morgan fingerprint density at radius 3 is 2.80 bits per heavy atom. The number of halogens is 1. The van der Waals surface area contributed by atoms with Gasteiger partial charge in [-0.25, -0.2) is 4.98 Å². The van der Waals surface area contributed by atoms with Gasteiger partial charge in [0.15, 0.2) is 0 Å². The Kier molecular flexibility index (Phi) is 3.44. The lowest BCUT2D eigenvalue weighted by atomic mass is 10.1. The lowest BCUT2D eigenvalue weighted by Gasteiger charge is -2.28. The molecule has 1 aliphatic rings. The molecule has 2 heterocycles. The molecule has 0 aromatic carbocycles. The zero-order chi connectivity index (χ0) is 10.7. The Labute approximate surface area is 95.0 Å². The summed E-state index contributed by atoms with van der Waals surface area (Å²) in [4.78, 5) is 6.43. The first-order chi connectivity index (χ1) is 7.24. The van der Waals surface area contributed by atoms with Gasteiger partial charge in [-0.05, 0) is 26.0 Å². The number of hydrogen-bond donors (Lipinski definition) is 0. The summed E-state index contributed by atoms with van der Waals surface area (Å²) in [5.74, 6) is 0.636. The van der Waals surface area contributed by atoms with Crippen LogP contribution in [-0.2, 0) is 0 Å². The van der Waals surface area contributed by atoms with E-state index in [1.165, 1.54) is 0 Å². The second kappa shape index (κ2) is 4.81. The van der Waals surface area contributed by atoms with Crippen LogP contribution in [0.5, 0.6) is 5.88 Å². The summed E-state index contributed by atoms with van der Waals surface area (Å²) in [6, 6.07) is 5.47. The molecule has 0 radical (unpaired) electrons. The minimum Gasteiger partial charge on any atom is -0.474 e. The predicted octanol–water partition coefficient (Wildman–Crippen LogP) is 2.21. The molecule has 0 atom stereocenters. The summed E-state index contributed by atoms with van der Waals surface area (Å²) in [5, 5.41) is 0.487. The van der Waals surface area contributed by atoms with Crippen molar-refractivity contribution in [2.45, 2.75) is 18.9 Å². The SMILES string of the molecule is CN1CCC(Oc2cccc(Cl)n2)CC1. The lowest BCUT2D eigenvalue weighted by molar-refractivity contribution is 0.110. The van der Waals surface area contributed by atoms with Crippen LogP contribution in [0.25, 0.3) is 0 Å². The number of pyridine rings is 1. The first-order valence-corrected chi connectivity index (χ1v) is 5.59. The Hall–Kier alpha value is -0.800. The largest absolute Gasteiger partial charge is 0.474 e. The van der Waals surface area contributed by atoms with Crippen LogP contribution < -0.4 is 4.74 Å². The maximum absolute atomic E-state index is 5.79. The normalized spacial score (nSPS) is 19.1. The van der Waals surface area contributed by atoms with Crippen molar-refractivity contribution < 1.29 is 4.74 Å². The van der Waals surface area contributed by atoms with Gasteiger partial charge in [0.05, 0.1) is 0 Å². The highest BCUT2D eigenvalue weighted by molar-refractivity contribution is 6.29. The second-order valence-electron chi connectivity index (χ2n) is 3.92. The molecule has 3 nitrogen and oxygen atoms in total. The smallest absolute Gasteiger partial charge is 0.214 e. The topological polar surface area (TPSA) is 25.4 Å². The molecule has 1 aliphatic heterocycles. The van der Waals surface area contributed by atoms with Crippen molar-refractivity contribution in [3.63, 3.8) is 0 Å². The maximum atomic E-state index is 5.79. The highest BCUT2D eigenvalue weighted by Crippen LogP contribution is 2.17. The Morgan fingerprint density at radius 2 is 2.13 bits per heavy atom. The molecule has 0 aliphatic carbocycles. The van der Waals surface area contributed by atoms with Crippen LogP contribution in [-0.4, -0.2) is 36.1 Å². The first-order valence-electron chi connectivity index (χ1n) is 5.22. The molecule has 0 N–H and O–H groups in total. The lowest BCUT2D eigenvalue weighted by Crippen LogP contribution is -2.35. The number of hydrogen-bond acceptors (Lipinski definition) is 3.